The van der Waals surface area contributed by atoms with Crippen LogP contribution in [0.1, 0.15) is 25.3 Å². The van der Waals surface area contributed by atoms with Crippen molar-refractivity contribution >= 4 is 29.4 Å². The number of pyridine rings is 1. The number of anilines is 2. The number of alkyl halides is 3. The fraction of sp³-hybridized carbons (Fsp3) is 0.480. The van der Waals surface area contributed by atoms with Crippen LogP contribution in [0.3, 0.4) is 0 Å². The molecule has 2 aliphatic heterocycles. The summed E-state index contributed by atoms with van der Waals surface area (Å²) in [4.78, 5) is 21.6. The number of fused-ring (bicyclic) bond motifs is 1. The van der Waals surface area contributed by atoms with Crippen molar-refractivity contribution in [2.45, 2.75) is 38.0 Å². The molecule has 2 saturated heterocycles. The molecule has 0 radical (unpaired) electrons. The lowest BCUT2D eigenvalue weighted by Gasteiger charge is -2.36. The van der Waals surface area contributed by atoms with E-state index < -0.39 is 34.2 Å². The summed E-state index contributed by atoms with van der Waals surface area (Å²) >= 11 is 0. The zero-order chi connectivity index (χ0) is 27.2. The Balaban J connectivity index is 0.00000353. The smallest absolute Gasteiger partial charge is 0.417 e. The van der Waals surface area contributed by atoms with Crippen molar-refractivity contribution in [1.82, 2.24) is 24.8 Å². The van der Waals surface area contributed by atoms with E-state index >= 15 is 4.39 Å². The average molecular weight is 572 g/mol. The maximum Gasteiger partial charge on any atom is 0.417 e. The summed E-state index contributed by atoms with van der Waals surface area (Å²) in [6.07, 6.45) is -3.05. The number of nitrogens with zero attached hydrogens (tertiary/aromatic N) is 5. The van der Waals surface area contributed by atoms with Gasteiger partial charge in [-0.2, -0.15) is 22.7 Å². The van der Waals surface area contributed by atoms with Crippen LogP contribution in [0.25, 0.3) is 16.6 Å². The Morgan fingerprint density at radius 3 is 2.64 bits per heavy atom. The number of benzene rings is 1. The van der Waals surface area contributed by atoms with Crippen LogP contribution in [0.15, 0.2) is 29.1 Å². The van der Waals surface area contributed by atoms with Gasteiger partial charge in [0.25, 0.3) is 5.56 Å². The van der Waals surface area contributed by atoms with E-state index in [2.05, 4.69) is 20.3 Å². The third kappa shape index (κ3) is 5.48. The van der Waals surface area contributed by atoms with E-state index in [9.17, 15) is 18.0 Å². The highest BCUT2D eigenvalue weighted by molar-refractivity contribution is 5.95. The van der Waals surface area contributed by atoms with Crippen molar-refractivity contribution in [3.63, 3.8) is 0 Å². The third-order valence-electron chi connectivity index (χ3n) is 7.24. The van der Waals surface area contributed by atoms with Crippen molar-refractivity contribution in [3.8, 4) is 17.1 Å². The van der Waals surface area contributed by atoms with Crippen molar-refractivity contribution < 1.29 is 22.3 Å². The molecule has 3 N–H and O–H groups in total. The Labute approximate surface area is 228 Å². The predicted octanol–water partition coefficient (Wildman–Crippen LogP) is 3.19. The van der Waals surface area contributed by atoms with Crippen LogP contribution in [0.2, 0.25) is 0 Å². The molecular formula is C25H30ClF4N7O2. The standard InChI is InChI=1S/C25H29F4N7O2.ClH/c1-14-12-31-8-10-35(14)23-22-20(21-17(26)6-3-7-18(21)30)16(25(27,28)29)11-19(37)36(22)33-24(32-23)38-13-15-5-4-9-34(15)2;/h3,6-7,11,14-15,31H,4-5,8-10,12-13,30H2,1-2H3;1H/t14-,15-;/m0./s1. The lowest BCUT2D eigenvalue weighted by molar-refractivity contribution is -0.137. The molecule has 0 unspecified atom stereocenters. The number of nitrogens with two attached hydrogens (primary N) is 1. The number of hydrogen-bond acceptors (Lipinski definition) is 8. The van der Waals surface area contributed by atoms with Gasteiger partial charge < -0.3 is 25.6 Å². The van der Waals surface area contributed by atoms with Crippen LogP contribution < -0.4 is 26.2 Å². The summed E-state index contributed by atoms with van der Waals surface area (Å²) in [5.41, 5.74) is 2.13. The number of piperazine rings is 1. The number of hydrogen-bond donors (Lipinski definition) is 2. The predicted molar refractivity (Wildman–Crippen MR) is 142 cm³/mol. The van der Waals surface area contributed by atoms with Gasteiger partial charge in [-0.1, -0.05) is 6.07 Å². The summed E-state index contributed by atoms with van der Waals surface area (Å²) in [7, 11) is 1.98. The van der Waals surface area contributed by atoms with Crippen molar-refractivity contribution in [3.05, 3.63) is 46.0 Å². The lowest BCUT2D eigenvalue weighted by Crippen LogP contribution is -2.50. The molecule has 39 heavy (non-hydrogen) atoms. The summed E-state index contributed by atoms with van der Waals surface area (Å²) < 4.78 is 65.0. The molecule has 0 bridgehead atoms. The maximum absolute atomic E-state index is 15.2. The van der Waals surface area contributed by atoms with Crippen LogP contribution in [0.4, 0.5) is 29.1 Å². The number of ether oxygens (including phenoxy) is 1. The van der Waals surface area contributed by atoms with E-state index in [4.69, 9.17) is 10.5 Å². The quantitative estimate of drug-likeness (QED) is 0.356. The second-order valence-electron chi connectivity index (χ2n) is 9.79. The van der Waals surface area contributed by atoms with E-state index in [-0.39, 0.29) is 54.1 Å². The largest absolute Gasteiger partial charge is 0.461 e. The normalized spacial score (nSPS) is 20.3. The van der Waals surface area contributed by atoms with E-state index in [0.717, 1.165) is 30.0 Å². The Hall–Kier alpha value is -3.16. The van der Waals surface area contributed by atoms with E-state index in [1.54, 1.807) is 4.90 Å². The molecule has 0 amide bonds. The van der Waals surface area contributed by atoms with Gasteiger partial charge in [-0.05, 0) is 45.5 Å². The van der Waals surface area contributed by atoms with Gasteiger partial charge in [0.1, 0.15) is 17.9 Å². The Kier molecular flexibility index (Phi) is 8.24. The number of halogens is 5. The van der Waals surface area contributed by atoms with Crippen molar-refractivity contribution in [2.75, 3.05) is 50.5 Å². The molecule has 0 aliphatic carbocycles. The minimum atomic E-state index is -4.98. The first-order valence-electron chi connectivity index (χ1n) is 12.5. The topological polar surface area (TPSA) is 101 Å². The molecule has 1 aromatic carbocycles. The minimum absolute atomic E-state index is 0. The van der Waals surface area contributed by atoms with E-state index in [0.29, 0.717) is 25.7 Å². The second kappa shape index (κ2) is 11.1. The van der Waals surface area contributed by atoms with Crippen LogP contribution >= 0.6 is 12.4 Å². The number of likely N-dealkylation sites (tertiary alicyclic amines) is 1. The van der Waals surface area contributed by atoms with Crippen LogP contribution in [0, 0.1) is 5.82 Å². The number of likely N-dealkylation sites (N-methyl/N-ethyl adjacent to an activating group) is 1. The summed E-state index contributed by atoms with van der Waals surface area (Å²) in [5.74, 6) is -0.912. The minimum Gasteiger partial charge on any atom is -0.461 e. The third-order valence-corrected chi connectivity index (χ3v) is 7.24. The van der Waals surface area contributed by atoms with Crippen molar-refractivity contribution in [1.29, 1.82) is 0 Å². The molecule has 2 aliphatic rings. The molecule has 2 aromatic heterocycles. The molecule has 0 saturated carbocycles. The molecule has 14 heteroatoms. The molecule has 2 fully saturated rings. The summed E-state index contributed by atoms with van der Waals surface area (Å²) in [5, 5.41) is 7.41. The van der Waals surface area contributed by atoms with E-state index in [1.165, 1.54) is 12.1 Å². The summed E-state index contributed by atoms with van der Waals surface area (Å²) in [6, 6.07) is 3.83. The Morgan fingerprint density at radius 1 is 1.23 bits per heavy atom. The number of rotatable bonds is 5. The molecular weight excluding hydrogens is 542 g/mol. The highest BCUT2D eigenvalue weighted by atomic mass is 35.5. The van der Waals surface area contributed by atoms with Gasteiger partial charge in [0.15, 0.2) is 5.82 Å². The Morgan fingerprint density at radius 2 is 2.00 bits per heavy atom. The highest BCUT2D eigenvalue weighted by Gasteiger charge is 2.39. The van der Waals surface area contributed by atoms with Crippen LogP contribution in [0.5, 0.6) is 6.01 Å². The molecule has 9 nitrogen and oxygen atoms in total. The number of nitrogen functional groups attached to an aromatic ring is 1. The van der Waals surface area contributed by atoms with Crippen LogP contribution in [-0.2, 0) is 6.18 Å². The van der Waals surface area contributed by atoms with Crippen molar-refractivity contribution in [2.24, 2.45) is 0 Å². The molecule has 5 rings (SSSR count). The zero-order valence-corrected chi connectivity index (χ0v) is 22.3. The molecule has 3 aromatic rings. The number of aromatic nitrogens is 3. The lowest BCUT2D eigenvalue weighted by atomic mass is 9.96. The van der Waals surface area contributed by atoms with Crippen LogP contribution in [-0.4, -0.2) is 71.4 Å². The fourth-order valence-corrected chi connectivity index (χ4v) is 5.22. The first-order chi connectivity index (χ1) is 18.1. The molecule has 212 valence electrons. The van der Waals surface area contributed by atoms with Gasteiger partial charge in [0.05, 0.1) is 5.56 Å². The first-order valence-corrected chi connectivity index (χ1v) is 12.5. The molecule has 4 heterocycles. The SMILES string of the molecule is C[C@H]1CNCCN1c1nc(OC[C@@H]2CCCN2C)nn2c(=O)cc(C(F)(F)F)c(-c3c(N)cccc3F)c12.Cl. The number of nitrogens with one attached hydrogen (secondary N) is 1. The zero-order valence-electron chi connectivity index (χ0n) is 21.5. The first kappa shape index (κ1) is 28.8. The van der Waals surface area contributed by atoms with Gasteiger partial charge in [0, 0.05) is 54.6 Å². The van der Waals surface area contributed by atoms with Gasteiger partial charge in [-0.15, -0.1) is 17.5 Å². The monoisotopic (exact) mass is 571 g/mol. The maximum atomic E-state index is 15.2. The summed E-state index contributed by atoms with van der Waals surface area (Å²) in [6.45, 7) is 4.49. The van der Waals surface area contributed by atoms with Gasteiger partial charge in [0.2, 0.25) is 0 Å². The Bertz CT molecular complexity index is 1400. The molecule has 0 spiro atoms. The van der Waals surface area contributed by atoms with Gasteiger partial charge >= 0.3 is 12.2 Å². The van der Waals surface area contributed by atoms with Gasteiger partial charge in [-0.25, -0.2) is 4.39 Å². The highest BCUT2D eigenvalue weighted by Crippen LogP contribution is 2.44. The van der Waals surface area contributed by atoms with E-state index in [1.807, 2.05) is 14.0 Å². The van der Waals surface area contributed by atoms with Gasteiger partial charge in [-0.3, -0.25) is 4.79 Å². The second-order valence-corrected chi connectivity index (χ2v) is 9.79. The fourth-order valence-electron chi connectivity index (χ4n) is 5.22. The average Bonchev–Trinajstić information content (AvgIpc) is 3.27. The molecule has 2 atom stereocenters.